The van der Waals surface area contributed by atoms with Crippen molar-refractivity contribution < 1.29 is 60.1 Å². The van der Waals surface area contributed by atoms with Crippen LogP contribution in [-0.2, 0) is 44.9 Å². The van der Waals surface area contributed by atoms with Crippen LogP contribution in [0.5, 0.6) is 0 Å². The molecule has 0 amide bonds. The molecule has 0 saturated heterocycles. The topological polar surface area (TPSA) is 263 Å². The fourth-order valence-corrected chi connectivity index (χ4v) is 7.55. The van der Waals surface area contributed by atoms with Crippen molar-refractivity contribution in [1.82, 2.24) is 9.97 Å². The van der Waals surface area contributed by atoms with Gasteiger partial charge in [-0.25, -0.2) is 23.7 Å². The number of aliphatic hydroxyl groups excluding tert-OH is 2. The van der Waals surface area contributed by atoms with E-state index in [0.29, 0.717) is 0 Å². The molecule has 0 spiro atoms. The van der Waals surface area contributed by atoms with Crippen LogP contribution < -0.4 is 11.1 Å². The molecule has 1 aromatic rings. The van der Waals surface area contributed by atoms with Gasteiger partial charge < -0.3 is 21.3 Å². The first kappa shape index (κ1) is 30.6. The number of nitrogens with two attached hydrogens (primary N) is 1. The third-order valence-corrected chi connectivity index (χ3v) is 10.4. The average molecular weight is 581 g/mol. The van der Waals surface area contributed by atoms with Crippen molar-refractivity contribution in [3.05, 3.63) is 16.4 Å². The first-order valence-electron chi connectivity index (χ1n) is 9.73. The Kier molecular flexibility index (Phi) is 10.5. The summed E-state index contributed by atoms with van der Waals surface area (Å²) in [6.07, 6.45) is -2.05. The summed E-state index contributed by atoms with van der Waals surface area (Å²) in [5.41, 5.74) is 4.89. The molecule has 6 atom stereocenters. The molecule has 22 heteroatoms. The summed E-state index contributed by atoms with van der Waals surface area (Å²) >= 11 is 0. The molecule has 1 saturated carbocycles. The standard InChI is InChI=1S/C14H26N5O14P3/c1-27-34(24,28-2)32-36(26,30-4)33-35(25,29-3)31-6-8-5-9(12(21)11(8)20)18-14-10(19(22)23)13(15)16-7-17-14/h7-9,11-12,20-21H,5-6H2,1-4H3,(H3,15,16,17,18)/t8-,9-,11+,12-,35?,36?/m1/s1. The SMILES string of the molecule is COP(=O)(OC)OP(=O)(OC)OP(=O)(OC)OC[C@H]1C[C@@H](Nc2ncnc(N)c2[N+](=O)[O-])[C@@H](O)[C@H]1O. The minimum absolute atomic E-state index is 0.0753. The largest absolute Gasteiger partial charge is 0.492 e. The average Bonchev–Trinajstić information content (AvgIpc) is 3.10. The second-order valence-corrected chi connectivity index (χ2v) is 12.7. The van der Waals surface area contributed by atoms with Crippen molar-refractivity contribution in [2.75, 3.05) is 46.1 Å². The molecule has 1 aliphatic carbocycles. The van der Waals surface area contributed by atoms with E-state index in [9.17, 15) is 34.0 Å². The number of hydrogen-bond acceptors (Lipinski definition) is 18. The second-order valence-electron chi connectivity index (χ2n) is 6.97. The van der Waals surface area contributed by atoms with E-state index in [0.717, 1.165) is 34.8 Å². The van der Waals surface area contributed by atoms with Crippen LogP contribution in [0.25, 0.3) is 0 Å². The van der Waals surface area contributed by atoms with Crippen LogP contribution in [0.4, 0.5) is 17.3 Å². The Morgan fingerprint density at radius 2 is 1.58 bits per heavy atom. The molecule has 19 nitrogen and oxygen atoms in total. The summed E-state index contributed by atoms with van der Waals surface area (Å²) in [5.74, 6) is -1.65. The molecule has 2 unspecified atom stereocenters. The van der Waals surface area contributed by atoms with E-state index >= 15 is 0 Å². The molecule has 0 bridgehead atoms. The summed E-state index contributed by atoms with van der Waals surface area (Å²) in [7, 11) is -10.5. The van der Waals surface area contributed by atoms with Crippen LogP contribution in [0.3, 0.4) is 0 Å². The summed E-state index contributed by atoms with van der Waals surface area (Å²) in [4.78, 5) is 17.7. The Morgan fingerprint density at radius 1 is 1.03 bits per heavy atom. The number of nitrogen functional groups attached to an aromatic ring is 1. The normalized spacial score (nSPS) is 25.7. The highest BCUT2D eigenvalue weighted by Crippen LogP contribution is 2.72. The lowest BCUT2D eigenvalue weighted by atomic mass is 10.1. The third kappa shape index (κ3) is 7.25. The number of phosphoric ester groups is 2. The minimum Gasteiger partial charge on any atom is -0.390 e. The Balaban J connectivity index is 2.12. The van der Waals surface area contributed by atoms with E-state index < -0.39 is 70.7 Å². The molecule has 5 N–H and O–H groups in total. The van der Waals surface area contributed by atoms with Gasteiger partial charge in [0.25, 0.3) is 0 Å². The quantitative estimate of drug-likeness (QED) is 0.137. The van der Waals surface area contributed by atoms with Crippen molar-refractivity contribution in [3.8, 4) is 0 Å². The molecule has 2 rings (SSSR count). The van der Waals surface area contributed by atoms with E-state index in [4.69, 9.17) is 14.6 Å². The van der Waals surface area contributed by atoms with Gasteiger partial charge in [-0.2, -0.15) is 8.62 Å². The number of nitro groups is 1. The summed E-state index contributed by atoms with van der Waals surface area (Å²) in [5, 5.41) is 34.7. The first-order valence-corrected chi connectivity index (χ1v) is 14.1. The molecule has 36 heavy (non-hydrogen) atoms. The molecular formula is C14H26N5O14P3. The number of nitrogens with zero attached hydrogens (tertiary/aromatic N) is 3. The van der Waals surface area contributed by atoms with Gasteiger partial charge in [-0.05, 0) is 6.42 Å². The number of nitrogens with one attached hydrogen (secondary N) is 1. The van der Waals surface area contributed by atoms with Gasteiger partial charge in [0.05, 0.1) is 23.7 Å². The van der Waals surface area contributed by atoms with Gasteiger partial charge in [-0.15, -0.1) is 0 Å². The molecule has 0 radical (unpaired) electrons. The Bertz CT molecular complexity index is 1070. The molecule has 206 valence electrons. The number of aliphatic hydroxyl groups is 2. The van der Waals surface area contributed by atoms with Gasteiger partial charge in [-0.1, -0.05) is 0 Å². The zero-order valence-electron chi connectivity index (χ0n) is 19.4. The predicted molar refractivity (Wildman–Crippen MR) is 120 cm³/mol. The highest BCUT2D eigenvalue weighted by Gasteiger charge is 2.48. The first-order chi connectivity index (χ1) is 16.8. The van der Waals surface area contributed by atoms with E-state index in [1.54, 1.807) is 0 Å². The van der Waals surface area contributed by atoms with Crippen LogP contribution in [0.15, 0.2) is 6.33 Å². The zero-order valence-corrected chi connectivity index (χ0v) is 22.0. The van der Waals surface area contributed by atoms with E-state index in [1.807, 2.05) is 0 Å². The highest BCUT2D eigenvalue weighted by molar-refractivity contribution is 7.67. The van der Waals surface area contributed by atoms with Crippen molar-refractivity contribution in [2.24, 2.45) is 5.92 Å². The number of anilines is 2. The Labute approximate surface area is 204 Å². The molecule has 1 fully saturated rings. The summed E-state index contributed by atoms with van der Waals surface area (Å²) in [6.45, 7) is -0.592. The molecular weight excluding hydrogens is 555 g/mol. The highest BCUT2D eigenvalue weighted by atomic mass is 31.3. The van der Waals surface area contributed by atoms with Crippen LogP contribution in [0.1, 0.15) is 6.42 Å². The van der Waals surface area contributed by atoms with Crippen LogP contribution in [-0.4, -0.2) is 78.4 Å². The van der Waals surface area contributed by atoms with Gasteiger partial charge >= 0.3 is 29.2 Å². The predicted octanol–water partition coefficient (Wildman–Crippen LogP) is 1.45. The van der Waals surface area contributed by atoms with Crippen molar-refractivity contribution in [1.29, 1.82) is 0 Å². The number of phosphoric acid groups is 3. The molecule has 0 aromatic carbocycles. The summed E-state index contributed by atoms with van der Waals surface area (Å²) in [6, 6.07) is -0.979. The van der Waals surface area contributed by atoms with Crippen molar-refractivity contribution in [3.63, 3.8) is 0 Å². The fourth-order valence-electron chi connectivity index (χ4n) is 3.05. The molecule has 0 aliphatic heterocycles. The molecule has 1 aromatic heterocycles. The van der Waals surface area contributed by atoms with Gasteiger partial charge in [0.15, 0.2) is 0 Å². The molecule has 1 aliphatic rings. The van der Waals surface area contributed by atoms with E-state index in [-0.39, 0.29) is 12.2 Å². The smallest absolute Gasteiger partial charge is 0.390 e. The van der Waals surface area contributed by atoms with Crippen LogP contribution >= 0.6 is 23.5 Å². The van der Waals surface area contributed by atoms with Gasteiger partial charge in [0.2, 0.25) is 11.6 Å². The number of rotatable bonds is 14. The lowest BCUT2D eigenvalue weighted by molar-refractivity contribution is -0.383. The maximum absolute atomic E-state index is 12.9. The zero-order chi connectivity index (χ0) is 27.3. The lowest BCUT2D eigenvalue weighted by Gasteiger charge is -2.24. The van der Waals surface area contributed by atoms with Gasteiger partial charge in [0, 0.05) is 34.4 Å². The lowest BCUT2D eigenvalue weighted by Crippen LogP contribution is -2.35. The summed E-state index contributed by atoms with van der Waals surface area (Å²) < 4.78 is 70.2. The van der Waals surface area contributed by atoms with Crippen LogP contribution in [0.2, 0.25) is 0 Å². The Hall–Kier alpha value is -1.59. The van der Waals surface area contributed by atoms with Crippen LogP contribution in [0, 0.1) is 16.0 Å². The maximum Gasteiger partial charge on any atom is 0.492 e. The third-order valence-electron chi connectivity index (χ3n) is 4.90. The maximum atomic E-state index is 12.9. The van der Waals surface area contributed by atoms with Gasteiger partial charge in [-0.3, -0.25) is 32.7 Å². The van der Waals surface area contributed by atoms with E-state index in [2.05, 4.69) is 37.7 Å². The Morgan fingerprint density at radius 3 is 2.11 bits per heavy atom. The number of hydrogen-bond donors (Lipinski definition) is 4. The van der Waals surface area contributed by atoms with E-state index in [1.165, 1.54) is 0 Å². The second kappa shape index (κ2) is 12.3. The monoisotopic (exact) mass is 581 g/mol. The minimum atomic E-state index is -4.90. The molecule has 1 heterocycles. The number of aromatic nitrogens is 2. The van der Waals surface area contributed by atoms with Crippen molar-refractivity contribution in [2.45, 2.75) is 24.7 Å². The fraction of sp³-hybridized carbons (Fsp3) is 0.714. The van der Waals surface area contributed by atoms with Crippen molar-refractivity contribution >= 4 is 40.8 Å². The van der Waals surface area contributed by atoms with Gasteiger partial charge in [0.1, 0.15) is 12.4 Å².